The molecule has 0 saturated carbocycles. The molecule has 3 nitrogen and oxygen atoms in total. The highest BCUT2D eigenvalue weighted by atomic mass is 16.5. The van der Waals surface area contributed by atoms with Crippen molar-refractivity contribution in [2.75, 3.05) is 4.90 Å². The number of amides is 1. The number of carbonyl (C=O) groups is 1. The lowest BCUT2D eigenvalue weighted by molar-refractivity contribution is -0.115. The van der Waals surface area contributed by atoms with Gasteiger partial charge in [-0.25, -0.2) is 0 Å². The summed E-state index contributed by atoms with van der Waals surface area (Å²) in [5, 5.41) is 0. The summed E-state index contributed by atoms with van der Waals surface area (Å²) in [6.45, 7) is 1.56. The zero-order chi connectivity index (χ0) is 16.1. The summed E-state index contributed by atoms with van der Waals surface area (Å²) in [6.07, 6.45) is 0. The van der Waals surface area contributed by atoms with Crippen molar-refractivity contribution in [2.45, 2.75) is 6.92 Å². The maximum atomic E-state index is 12.0. The molecule has 0 bridgehead atoms. The predicted octanol–water partition coefficient (Wildman–Crippen LogP) is 5.16. The van der Waals surface area contributed by atoms with E-state index in [9.17, 15) is 4.79 Å². The summed E-state index contributed by atoms with van der Waals surface area (Å²) >= 11 is 0. The average Bonchev–Trinajstić information content (AvgIpc) is 2.58. The third-order valence-electron chi connectivity index (χ3n) is 3.40. The number of hydrogen-bond acceptors (Lipinski definition) is 2. The maximum Gasteiger partial charge on any atom is 0.228 e. The van der Waals surface area contributed by atoms with Crippen molar-refractivity contribution in [1.29, 1.82) is 0 Å². The summed E-state index contributed by atoms with van der Waals surface area (Å²) in [4.78, 5) is 13.7. The van der Waals surface area contributed by atoms with Crippen LogP contribution in [0.15, 0.2) is 84.9 Å². The van der Waals surface area contributed by atoms with Gasteiger partial charge < -0.3 is 4.74 Å². The molecule has 0 aliphatic heterocycles. The first-order valence-electron chi connectivity index (χ1n) is 7.43. The molecule has 1 amide bonds. The summed E-state index contributed by atoms with van der Waals surface area (Å²) in [7, 11) is 0. The Kier molecular flexibility index (Phi) is 4.39. The van der Waals surface area contributed by atoms with Crippen molar-refractivity contribution in [1.82, 2.24) is 0 Å². The topological polar surface area (TPSA) is 29.5 Å². The summed E-state index contributed by atoms with van der Waals surface area (Å²) in [5.41, 5.74) is 1.65. The standard InChI is InChI=1S/C20H17NO2/c1-16(22)21(17-8-4-2-5-9-17)18-12-14-20(15-13-18)23-19-10-6-3-7-11-19/h2-15H,1H3. The Bertz CT molecular complexity index is 768. The highest BCUT2D eigenvalue weighted by molar-refractivity contribution is 5.99. The van der Waals surface area contributed by atoms with Crippen LogP contribution in [0.1, 0.15) is 6.92 Å². The van der Waals surface area contributed by atoms with E-state index in [1.807, 2.05) is 84.9 Å². The monoisotopic (exact) mass is 303 g/mol. The van der Waals surface area contributed by atoms with Gasteiger partial charge in [0.05, 0.1) is 0 Å². The molecular weight excluding hydrogens is 286 g/mol. The molecule has 0 aliphatic carbocycles. The first-order valence-corrected chi connectivity index (χ1v) is 7.43. The molecule has 0 aromatic heterocycles. The number of anilines is 2. The summed E-state index contributed by atoms with van der Waals surface area (Å²) in [5.74, 6) is 1.48. The molecule has 0 N–H and O–H groups in total. The van der Waals surface area contributed by atoms with E-state index in [1.54, 1.807) is 11.8 Å². The van der Waals surface area contributed by atoms with Crippen molar-refractivity contribution in [3.63, 3.8) is 0 Å². The lowest BCUT2D eigenvalue weighted by Crippen LogP contribution is -2.22. The van der Waals surface area contributed by atoms with Gasteiger partial charge in [-0.3, -0.25) is 9.69 Å². The van der Waals surface area contributed by atoms with Crippen LogP contribution in [0.5, 0.6) is 11.5 Å². The van der Waals surface area contributed by atoms with Crippen molar-refractivity contribution in [3.8, 4) is 11.5 Å². The van der Waals surface area contributed by atoms with Crippen LogP contribution in [0.25, 0.3) is 0 Å². The van der Waals surface area contributed by atoms with Crippen LogP contribution in [0.2, 0.25) is 0 Å². The molecule has 0 spiro atoms. The number of carbonyl (C=O) groups excluding carboxylic acids is 1. The molecule has 0 atom stereocenters. The van der Waals surface area contributed by atoms with Gasteiger partial charge in [-0.1, -0.05) is 36.4 Å². The summed E-state index contributed by atoms with van der Waals surface area (Å²) < 4.78 is 5.78. The number of hydrogen-bond donors (Lipinski definition) is 0. The van der Waals surface area contributed by atoms with E-state index >= 15 is 0 Å². The predicted molar refractivity (Wildman–Crippen MR) is 92.2 cm³/mol. The molecular formula is C20H17NO2. The van der Waals surface area contributed by atoms with Crippen LogP contribution in [0, 0.1) is 0 Å². The lowest BCUT2D eigenvalue weighted by Gasteiger charge is -2.21. The fraction of sp³-hybridized carbons (Fsp3) is 0.0500. The molecule has 0 radical (unpaired) electrons. The first-order chi connectivity index (χ1) is 11.2. The molecule has 0 fully saturated rings. The van der Waals surface area contributed by atoms with Crippen LogP contribution in [0.4, 0.5) is 11.4 Å². The van der Waals surface area contributed by atoms with Gasteiger partial charge in [0, 0.05) is 18.3 Å². The minimum atomic E-state index is -0.0343. The van der Waals surface area contributed by atoms with Crippen LogP contribution in [-0.2, 0) is 4.79 Å². The Morgan fingerprint density at radius 2 is 1.17 bits per heavy atom. The number of para-hydroxylation sites is 2. The normalized spacial score (nSPS) is 10.1. The molecule has 3 heteroatoms. The van der Waals surface area contributed by atoms with E-state index in [1.165, 1.54) is 0 Å². The number of nitrogens with zero attached hydrogens (tertiary/aromatic N) is 1. The minimum absolute atomic E-state index is 0.0343. The number of benzene rings is 3. The van der Waals surface area contributed by atoms with Gasteiger partial charge in [-0.15, -0.1) is 0 Å². The lowest BCUT2D eigenvalue weighted by atomic mass is 10.2. The zero-order valence-corrected chi connectivity index (χ0v) is 12.8. The van der Waals surface area contributed by atoms with E-state index in [0.717, 1.165) is 22.9 Å². The second-order valence-corrected chi connectivity index (χ2v) is 5.10. The van der Waals surface area contributed by atoms with Gasteiger partial charge in [0.15, 0.2) is 0 Å². The summed E-state index contributed by atoms with van der Waals surface area (Å²) in [6, 6.07) is 26.7. The Hall–Kier alpha value is -3.07. The average molecular weight is 303 g/mol. The molecule has 0 aliphatic rings. The second-order valence-electron chi connectivity index (χ2n) is 5.10. The van der Waals surface area contributed by atoms with Crippen molar-refractivity contribution >= 4 is 17.3 Å². The minimum Gasteiger partial charge on any atom is -0.457 e. The molecule has 0 saturated heterocycles. The van der Waals surface area contributed by atoms with E-state index in [4.69, 9.17) is 4.74 Å². The Labute approximate surface area is 135 Å². The maximum absolute atomic E-state index is 12.0. The largest absolute Gasteiger partial charge is 0.457 e. The molecule has 3 aromatic carbocycles. The molecule has 3 aromatic rings. The third kappa shape index (κ3) is 3.58. The van der Waals surface area contributed by atoms with Crippen LogP contribution >= 0.6 is 0 Å². The van der Waals surface area contributed by atoms with Gasteiger partial charge in [0.2, 0.25) is 5.91 Å². The van der Waals surface area contributed by atoms with E-state index in [2.05, 4.69) is 0 Å². The highest BCUT2D eigenvalue weighted by Crippen LogP contribution is 2.28. The smallest absolute Gasteiger partial charge is 0.228 e. The SMILES string of the molecule is CC(=O)N(c1ccccc1)c1ccc(Oc2ccccc2)cc1. The van der Waals surface area contributed by atoms with E-state index in [0.29, 0.717) is 0 Å². The second kappa shape index (κ2) is 6.79. The molecule has 114 valence electrons. The van der Waals surface area contributed by atoms with E-state index < -0.39 is 0 Å². The molecule has 0 unspecified atom stereocenters. The van der Waals surface area contributed by atoms with E-state index in [-0.39, 0.29) is 5.91 Å². The van der Waals surface area contributed by atoms with Crippen LogP contribution in [-0.4, -0.2) is 5.91 Å². The Morgan fingerprint density at radius 3 is 1.74 bits per heavy atom. The van der Waals surface area contributed by atoms with Gasteiger partial charge >= 0.3 is 0 Å². The molecule has 0 heterocycles. The third-order valence-corrected chi connectivity index (χ3v) is 3.40. The van der Waals surface area contributed by atoms with Crippen molar-refractivity contribution in [2.24, 2.45) is 0 Å². The Balaban J connectivity index is 1.84. The Morgan fingerprint density at radius 1 is 0.696 bits per heavy atom. The zero-order valence-electron chi connectivity index (χ0n) is 12.8. The van der Waals surface area contributed by atoms with Gasteiger partial charge in [0.1, 0.15) is 11.5 Å². The van der Waals surface area contributed by atoms with Crippen molar-refractivity contribution < 1.29 is 9.53 Å². The fourth-order valence-corrected chi connectivity index (χ4v) is 2.38. The van der Waals surface area contributed by atoms with Gasteiger partial charge in [-0.05, 0) is 48.5 Å². The van der Waals surface area contributed by atoms with Crippen LogP contribution < -0.4 is 9.64 Å². The van der Waals surface area contributed by atoms with Gasteiger partial charge in [-0.2, -0.15) is 0 Å². The fourth-order valence-electron chi connectivity index (χ4n) is 2.38. The highest BCUT2D eigenvalue weighted by Gasteiger charge is 2.13. The number of ether oxygens (including phenoxy) is 1. The number of rotatable bonds is 4. The van der Waals surface area contributed by atoms with Crippen molar-refractivity contribution in [3.05, 3.63) is 84.9 Å². The quantitative estimate of drug-likeness (QED) is 0.666. The first kappa shape index (κ1) is 14.9. The molecule has 23 heavy (non-hydrogen) atoms. The van der Waals surface area contributed by atoms with Crippen LogP contribution in [0.3, 0.4) is 0 Å². The molecule has 3 rings (SSSR count). The van der Waals surface area contributed by atoms with Gasteiger partial charge in [0.25, 0.3) is 0 Å².